The quantitative estimate of drug-likeness (QED) is 0.915. The molecule has 0 aromatic heterocycles. The van der Waals surface area contributed by atoms with Gasteiger partial charge in [0.2, 0.25) is 0 Å². The average molecular weight is 275 g/mol. The molecule has 2 rings (SSSR count). The summed E-state index contributed by atoms with van der Waals surface area (Å²) in [5.74, 6) is 1.34. The van der Waals surface area contributed by atoms with Crippen LogP contribution in [0.5, 0.6) is 5.75 Å². The molecule has 0 bridgehead atoms. The van der Waals surface area contributed by atoms with Crippen LogP contribution in [0.25, 0.3) is 0 Å². The number of amides is 1. The first kappa shape index (κ1) is 14.9. The molecule has 1 aliphatic carbocycles. The molecule has 20 heavy (non-hydrogen) atoms. The predicted octanol–water partition coefficient (Wildman–Crippen LogP) is 3.38. The summed E-state index contributed by atoms with van der Waals surface area (Å²) >= 11 is 0. The number of rotatable bonds is 4. The first-order valence-electron chi connectivity index (χ1n) is 7.55. The Bertz CT molecular complexity index is 450. The fourth-order valence-corrected chi connectivity index (χ4v) is 2.94. The largest absolute Gasteiger partial charge is 0.484 e. The average Bonchev–Trinajstić information content (AvgIpc) is 2.38. The fourth-order valence-electron chi connectivity index (χ4n) is 2.94. The molecule has 0 saturated heterocycles. The second-order valence-electron chi connectivity index (χ2n) is 6.05. The molecule has 3 heteroatoms. The summed E-state index contributed by atoms with van der Waals surface area (Å²) in [4.78, 5) is 12.0. The van der Waals surface area contributed by atoms with E-state index in [0.717, 1.165) is 23.3 Å². The Labute approximate surface area is 121 Å². The summed E-state index contributed by atoms with van der Waals surface area (Å²) in [6, 6.07) is 6.34. The molecule has 0 spiro atoms. The zero-order valence-corrected chi connectivity index (χ0v) is 12.7. The van der Waals surface area contributed by atoms with Crippen molar-refractivity contribution in [1.29, 1.82) is 0 Å². The van der Waals surface area contributed by atoms with Gasteiger partial charge in [-0.15, -0.1) is 0 Å². The van der Waals surface area contributed by atoms with Crippen LogP contribution >= 0.6 is 0 Å². The standard InChI is InChI=1S/C17H25NO2/c1-12-8-13(2)10-15(9-12)20-11-17(19)18-16-7-5-4-6-14(16)3/h8-10,14,16H,4-7,11H2,1-3H3,(H,18,19)/t14-,16-/m0/s1. The third-order valence-electron chi connectivity index (χ3n) is 4.02. The van der Waals surface area contributed by atoms with Crippen LogP contribution < -0.4 is 10.1 Å². The molecule has 1 aromatic carbocycles. The molecule has 0 aliphatic heterocycles. The predicted molar refractivity (Wildman–Crippen MR) is 81.0 cm³/mol. The lowest BCUT2D eigenvalue weighted by Crippen LogP contribution is -2.43. The molecule has 2 atom stereocenters. The smallest absolute Gasteiger partial charge is 0.258 e. The van der Waals surface area contributed by atoms with E-state index in [1.54, 1.807) is 0 Å². The number of ether oxygens (including phenoxy) is 1. The van der Waals surface area contributed by atoms with E-state index in [1.165, 1.54) is 19.3 Å². The zero-order valence-electron chi connectivity index (χ0n) is 12.7. The van der Waals surface area contributed by atoms with E-state index >= 15 is 0 Å². The van der Waals surface area contributed by atoms with Crippen LogP contribution in [0.2, 0.25) is 0 Å². The van der Waals surface area contributed by atoms with Crippen molar-refractivity contribution >= 4 is 5.91 Å². The number of hydrogen-bond acceptors (Lipinski definition) is 2. The van der Waals surface area contributed by atoms with Crippen LogP contribution in [0.4, 0.5) is 0 Å². The number of carbonyl (C=O) groups excluding carboxylic acids is 1. The topological polar surface area (TPSA) is 38.3 Å². The molecular weight excluding hydrogens is 250 g/mol. The van der Waals surface area contributed by atoms with Gasteiger partial charge in [-0.1, -0.05) is 25.8 Å². The van der Waals surface area contributed by atoms with Crippen LogP contribution in [-0.4, -0.2) is 18.6 Å². The Kier molecular flexibility index (Phi) is 5.05. The van der Waals surface area contributed by atoms with Crippen LogP contribution in [0.3, 0.4) is 0 Å². The van der Waals surface area contributed by atoms with E-state index < -0.39 is 0 Å². The van der Waals surface area contributed by atoms with Gasteiger partial charge < -0.3 is 10.1 Å². The van der Waals surface area contributed by atoms with Crippen molar-refractivity contribution in [3.63, 3.8) is 0 Å². The highest BCUT2D eigenvalue weighted by atomic mass is 16.5. The van der Waals surface area contributed by atoms with Gasteiger partial charge >= 0.3 is 0 Å². The summed E-state index contributed by atoms with van der Waals surface area (Å²) in [5.41, 5.74) is 2.31. The van der Waals surface area contributed by atoms with Crippen molar-refractivity contribution < 1.29 is 9.53 Å². The molecule has 1 amide bonds. The third-order valence-corrected chi connectivity index (χ3v) is 4.02. The van der Waals surface area contributed by atoms with Gasteiger partial charge in [0.1, 0.15) is 5.75 Å². The van der Waals surface area contributed by atoms with E-state index in [2.05, 4.69) is 18.3 Å². The molecule has 0 heterocycles. The van der Waals surface area contributed by atoms with Gasteiger partial charge in [0, 0.05) is 6.04 Å². The maximum Gasteiger partial charge on any atom is 0.258 e. The molecule has 1 aliphatic rings. The van der Waals surface area contributed by atoms with Gasteiger partial charge in [-0.2, -0.15) is 0 Å². The van der Waals surface area contributed by atoms with Crippen LogP contribution in [0.15, 0.2) is 18.2 Å². The number of carbonyl (C=O) groups is 1. The van der Waals surface area contributed by atoms with Crippen molar-refractivity contribution in [1.82, 2.24) is 5.32 Å². The molecular formula is C17H25NO2. The minimum absolute atomic E-state index is 0.0112. The van der Waals surface area contributed by atoms with Crippen molar-refractivity contribution in [3.8, 4) is 5.75 Å². The first-order valence-corrected chi connectivity index (χ1v) is 7.55. The second-order valence-corrected chi connectivity index (χ2v) is 6.05. The van der Waals surface area contributed by atoms with Gasteiger partial charge in [0.05, 0.1) is 0 Å². The molecule has 1 fully saturated rings. The van der Waals surface area contributed by atoms with Gasteiger partial charge in [-0.3, -0.25) is 4.79 Å². The van der Waals surface area contributed by atoms with Gasteiger partial charge in [0.15, 0.2) is 6.61 Å². The molecule has 3 nitrogen and oxygen atoms in total. The van der Waals surface area contributed by atoms with Crippen molar-refractivity contribution in [2.45, 2.75) is 52.5 Å². The van der Waals surface area contributed by atoms with Crippen molar-refractivity contribution in [2.75, 3.05) is 6.61 Å². The normalized spacial score (nSPS) is 22.4. The minimum atomic E-state index is -0.0112. The van der Waals surface area contributed by atoms with Crippen LogP contribution in [0.1, 0.15) is 43.7 Å². The number of hydrogen-bond donors (Lipinski definition) is 1. The third kappa shape index (κ3) is 4.26. The summed E-state index contributed by atoms with van der Waals surface area (Å²) in [6.07, 6.45) is 4.80. The van der Waals surface area contributed by atoms with E-state index in [0.29, 0.717) is 12.0 Å². The molecule has 1 N–H and O–H groups in total. The lowest BCUT2D eigenvalue weighted by atomic mass is 9.86. The molecule has 1 saturated carbocycles. The molecule has 1 aromatic rings. The summed E-state index contributed by atoms with van der Waals surface area (Å²) in [7, 11) is 0. The maximum atomic E-state index is 12.0. The summed E-state index contributed by atoms with van der Waals surface area (Å²) in [6.45, 7) is 6.38. The van der Waals surface area contributed by atoms with E-state index in [-0.39, 0.29) is 12.5 Å². The number of nitrogens with one attached hydrogen (secondary N) is 1. The summed E-state index contributed by atoms with van der Waals surface area (Å²) in [5, 5.41) is 3.10. The highest BCUT2D eigenvalue weighted by molar-refractivity contribution is 5.77. The van der Waals surface area contributed by atoms with Gasteiger partial charge in [-0.25, -0.2) is 0 Å². The molecule has 110 valence electrons. The van der Waals surface area contributed by atoms with Gasteiger partial charge in [-0.05, 0) is 55.9 Å². The number of aryl methyl sites for hydroxylation is 2. The van der Waals surface area contributed by atoms with Crippen LogP contribution in [-0.2, 0) is 4.79 Å². The Balaban J connectivity index is 1.82. The van der Waals surface area contributed by atoms with Crippen molar-refractivity contribution in [3.05, 3.63) is 29.3 Å². The Hall–Kier alpha value is -1.51. The highest BCUT2D eigenvalue weighted by Crippen LogP contribution is 2.23. The minimum Gasteiger partial charge on any atom is -0.484 e. The Morgan fingerprint density at radius 3 is 2.50 bits per heavy atom. The van der Waals surface area contributed by atoms with E-state index in [4.69, 9.17) is 4.74 Å². The SMILES string of the molecule is Cc1cc(C)cc(OCC(=O)N[C@H]2CCCC[C@@H]2C)c1. The zero-order chi connectivity index (χ0) is 14.5. The maximum absolute atomic E-state index is 12.0. The lowest BCUT2D eigenvalue weighted by molar-refractivity contribution is -0.124. The van der Waals surface area contributed by atoms with E-state index in [1.807, 2.05) is 26.0 Å². The fraction of sp³-hybridized carbons (Fsp3) is 0.588. The Morgan fingerprint density at radius 2 is 1.85 bits per heavy atom. The monoisotopic (exact) mass is 275 g/mol. The van der Waals surface area contributed by atoms with E-state index in [9.17, 15) is 4.79 Å². The molecule has 0 unspecified atom stereocenters. The lowest BCUT2D eigenvalue weighted by Gasteiger charge is -2.29. The van der Waals surface area contributed by atoms with Crippen molar-refractivity contribution in [2.24, 2.45) is 5.92 Å². The highest BCUT2D eigenvalue weighted by Gasteiger charge is 2.22. The first-order chi connectivity index (χ1) is 9.54. The van der Waals surface area contributed by atoms with Gasteiger partial charge in [0.25, 0.3) is 5.91 Å². The summed E-state index contributed by atoms with van der Waals surface area (Å²) < 4.78 is 5.59. The van der Waals surface area contributed by atoms with Crippen LogP contribution in [0, 0.1) is 19.8 Å². The number of benzene rings is 1. The second kappa shape index (κ2) is 6.78. The molecule has 0 radical (unpaired) electrons. The Morgan fingerprint density at radius 1 is 1.20 bits per heavy atom.